The van der Waals surface area contributed by atoms with E-state index in [2.05, 4.69) is 0 Å². The zero-order valence-corrected chi connectivity index (χ0v) is 10.1. The molecule has 0 saturated carbocycles. The highest BCUT2D eigenvalue weighted by atomic mass is 19.4. The normalized spacial score (nSPS) is 13.3. The monoisotopic (exact) mass is 287 g/mol. The highest BCUT2D eigenvalue weighted by Crippen LogP contribution is 2.33. The summed E-state index contributed by atoms with van der Waals surface area (Å²) < 4.78 is 63.8. The summed E-state index contributed by atoms with van der Waals surface area (Å²) in [7, 11) is 0. The topological polar surface area (TPSA) is 26.0 Å². The molecule has 2 N–H and O–H groups in total. The van der Waals surface area contributed by atoms with Gasteiger partial charge in [0.25, 0.3) is 0 Å². The van der Waals surface area contributed by atoms with E-state index in [4.69, 9.17) is 5.73 Å². The van der Waals surface area contributed by atoms with Gasteiger partial charge in [0.1, 0.15) is 11.6 Å². The first kappa shape index (κ1) is 14.5. The molecule has 0 aliphatic heterocycles. The van der Waals surface area contributed by atoms with Crippen LogP contribution in [0.5, 0.6) is 0 Å². The van der Waals surface area contributed by atoms with E-state index in [9.17, 15) is 22.0 Å². The van der Waals surface area contributed by atoms with Crippen molar-refractivity contribution >= 4 is 0 Å². The SMILES string of the molecule is NC(c1cccc(F)c1)c1ccc(C(F)(F)F)c(F)c1. The Kier molecular flexibility index (Phi) is 3.76. The number of halogens is 5. The first-order valence-electron chi connectivity index (χ1n) is 5.66. The Morgan fingerprint density at radius 2 is 1.55 bits per heavy atom. The Bertz CT molecular complexity index is 621. The van der Waals surface area contributed by atoms with Gasteiger partial charge in [0.05, 0.1) is 11.6 Å². The molecule has 0 saturated heterocycles. The van der Waals surface area contributed by atoms with Crippen molar-refractivity contribution in [2.45, 2.75) is 12.2 Å². The van der Waals surface area contributed by atoms with Crippen molar-refractivity contribution in [1.82, 2.24) is 0 Å². The van der Waals surface area contributed by atoms with Gasteiger partial charge in [0.15, 0.2) is 0 Å². The molecule has 0 spiro atoms. The summed E-state index contributed by atoms with van der Waals surface area (Å²) in [6.45, 7) is 0. The molecule has 106 valence electrons. The number of alkyl halides is 3. The smallest absolute Gasteiger partial charge is 0.320 e. The van der Waals surface area contributed by atoms with E-state index >= 15 is 0 Å². The zero-order chi connectivity index (χ0) is 14.9. The molecule has 20 heavy (non-hydrogen) atoms. The fourth-order valence-corrected chi connectivity index (χ4v) is 1.85. The molecule has 0 aliphatic carbocycles. The molecule has 2 aromatic carbocycles. The molecule has 0 aromatic heterocycles. The standard InChI is InChI=1S/C14H10F5N/c15-10-3-1-2-8(6-10)13(20)9-4-5-11(12(16)7-9)14(17,18)19/h1-7,13H,20H2. The van der Waals surface area contributed by atoms with Gasteiger partial charge in [0.2, 0.25) is 0 Å². The molecule has 6 heteroatoms. The van der Waals surface area contributed by atoms with Crippen LogP contribution >= 0.6 is 0 Å². The average Bonchev–Trinajstić information content (AvgIpc) is 2.36. The third kappa shape index (κ3) is 2.96. The zero-order valence-electron chi connectivity index (χ0n) is 10.1. The van der Waals surface area contributed by atoms with Crippen LogP contribution in [-0.2, 0) is 6.18 Å². The van der Waals surface area contributed by atoms with E-state index in [0.717, 1.165) is 18.2 Å². The maximum atomic E-state index is 13.5. The molecular weight excluding hydrogens is 277 g/mol. The van der Waals surface area contributed by atoms with Crippen molar-refractivity contribution in [3.05, 3.63) is 70.8 Å². The first-order valence-corrected chi connectivity index (χ1v) is 5.66. The predicted molar refractivity (Wildman–Crippen MR) is 63.8 cm³/mol. The molecule has 0 bridgehead atoms. The van der Waals surface area contributed by atoms with Crippen LogP contribution in [0.3, 0.4) is 0 Å². The van der Waals surface area contributed by atoms with Crippen molar-refractivity contribution < 1.29 is 22.0 Å². The lowest BCUT2D eigenvalue weighted by atomic mass is 9.98. The second-order valence-corrected chi connectivity index (χ2v) is 4.27. The van der Waals surface area contributed by atoms with Gasteiger partial charge < -0.3 is 5.73 Å². The molecule has 2 rings (SSSR count). The maximum Gasteiger partial charge on any atom is 0.419 e. The minimum Gasteiger partial charge on any atom is -0.320 e. The van der Waals surface area contributed by atoms with Crippen LogP contribution in [-0.4, -0.2) is 0 Å². The van der Waals surface area contributed by atoms with E-state index < -0.39 is 29.4 Å². The summed E-state index contributed by atoms with van der Waals surface area (Å²) in [4.78, 5) is 0. The first-order chi connectivity index (χ1) is 9.29. The number of nitrogens with two attached hydrogens (primary N) is 1. The van der Waals surface area contributed by atoms with Crippen molar-refractivity contribution in [3.8, 4) is 0 Å². The Morgan fingerprint density at radius 3 is 2.10 bits per heavy atom. The van der Waals surface area contributed by atoms with Crippen LogP contribution in [0, 0.1) is 11.6 Å². The van der Waals surface area contributed by atoms with Gasteiger partial charge in [-0.25, -0.2) is 8.78 Å². The molecule has 1 atom stereocenters. The summed E-state index contributed by atoms with van der Waals surface area (Å²) in [5, 5.41) is 0. The Balaban J connectivity index is 2.37. The maximum absolute atomic E-state index is 13.5. The van der Waals surface area contributed by atoms with Gasteiger partial charge in [-0.15, -0.1) is 0 Å². The Hall–Kier alpha value is -1.95. The third-order valence-electron chi connectivity index (χ3n) is 2.87. The largest absolute Gasteiger partial charge is 0.419 e. The van der Waals surface area contributed by atoms with E-state index in [1.807, 2.05) is 0 Å². The van der Waals surface area contributed by atoms with E-state index in [1.54, 1.807) is 0 Å². The van der Waals surface area contributed by atoms with Gasteiger partial charge >= 0.3 is 6.18 Å². The quantitative estimate of drug-likeness (QED) is 0.829. The number of hydrogen-bond donors (Lipinski definition) is 1. The van der Waals surface area contributed by atoms with Gasteiger partial charge in [0, 0.05) is 0 Å². The minimum atomic E-state index is -4.76. The molecule has 1 unspecified atom stereocenters. The van der Waals surface area contributed by atoms with Gasteiger partial charge in [-0.1, -0.05) is 18.2 Å². The number of rotatable bonds is 2. The van der Waals surface area contributed by atoms with Gasteiger partial charge in [-0.3, -0.25) is 0 Å². The lowest BCUT2D eigenvalue weighted by molar-refractivity contribution is -0.140. The molecular formula is C14H10F5N. The molecule has 1 nitrogen and oxygen atoms in total. The van der Waals surface area contributed by atoms with Crippen molar-refractivity contribution in [2.75, 3.05) is 0 Å². The van der Waals surface area contributed by atoms with Crippen molar-refractivity contribution in [1.29, 1.82) is 0 Å². The summed E-state index contributed by atoms with van der Waals surface area (Å²) in [6, 6.07) is 6.84. The molecule has 0 heterocycles. The second-order valence-electron chi connectivity index (χ2n) is 4.27. The number of hydrogen-bond acceptors (Lipinski definition) is 1. The van der Waals surface area contributed by atoms with Crippen molar-refractivity contribution in [3.63, 3.8) is 0 Å². The van der Waals surface area contributed by atoms with Crippen LogP contribution < -0.4 is 5.73 Å². The summed E-state index contributed by atoms with van der Waals surface area (Å²) in [5.41, 5.74) is 4.94. The predicted octanol–water partition coefficient (Wildman–Crippen LogP) is 4.03. The summed E-state index contributed by atoms with van der Waals surface area (Å²) in [6.07, 6.45) is -4.76. The highest BCUT2D eigenvalue weighted by Gasteiger charge is 2.34. The second kappa shape index (κ2) is 5.20. The Morgan fingerprint density at radius 1 is 0.900 bits per heavy atom. The van der Waals surface area contributed by atoms with Crippen LogP contribution in [0.25, 0.3) is 0 Å². The van der Waals surface area contributed by atoms with Crippen molar-refractivity contribution in [2.24, 2.45) is 5.73 Å². The third-order valence-corrected chi connectivity index (χ3v) is 2.87. The summed E-state index contributed by atoms with van der Waals surface area (Å²) in [5.74, 6) is -1.92. The van der Waals surface area contributed by atoms with Gasteiger partial charge in [-0.05, 0) is 35.4 Å². The summed E-state index contributed by atoms with van der Waals surface area (Å²) >= 11 is 0. The molecule has 0 aliphatic rings. The number of benzene rings is 2. The Labute approximate surface area is 111 Å². The minimum absolute atomic E-state index is 0.140. The molecule has 2 aromatic rings. The highest BCUT2D eigenvalue weighted by molar-refractivity contribution is 5.34. The fourth-order valence-electron chi connectivity index (χ4n) is 1.85. The van der Waals surface area contributed by atoms with Gasteiger partial charge in [-0.2, -0.15) is 13.2 Å². The average molecular weight is 287 g/mol. The molecule has 0 radical (unpaired) electrons. The molecule has 0 fully saturated rings. The van der Waals surface area contributed by atoms with E-state index in [-0.39, 0.29) is 5.56 Å². The van der Waals surface area contributed by atoms with Crippen LogP contribution in [0.15, 0.2) is 42.5 Å². The van der Waals surface area contributed by atoms with E-state index in [0.29, 0.717) is 11.6 Å². The van der Waals surface area contributed by atoms with Crippen LogP contribution in [0.2, 0.25) is 0 Å². The van der Waals surface area contributed by atoms with Crippen LogP contribution in [0.4, 0.5) is 22.0 Å². The van der Waals surface area contributed by atoms with Crippen LogP contribution in [0.1, 0.15) is 22.7 Å². The molecule has 0 amide bonds. The van der Waals surface area contributed by atoms with E-state index in [1.165, 1.54) is 18.2 Å². The lowest BCUT2D eigenvalue weighted by Crippen LogP contribution is -2.14. The fraction of sp³-hybridized carbons (Fsp3) is 0.143. The lowest BCUT2D eigenvalue weighted by Gasteiger charge is -2.15.